The first-order valence-electron chi connectivity index (χ1n) is 9.52. The zero-order chi connectivity index (χ0) is 21.7. The molecule has 2 aromatic carbocycles. The van der Waals surface area contributed by atoms with Crippen LogP contribution in [0.4, 0.5) is 11.4 Å². The largest absolute Gasteiger partial charge is 0.497 e. The van der Waals surface area contributed by atoms with Crippen molar-refractivity contribution < 1.29 is 22.7 Å². The molecule has 9 heteroatoms. The van der Waals surface area contributed by atoms with E-state index in [0.717, 1.165) is 0 Å². The van der Waals surface area contributed by atoms with E-state index in [1.807, 2.05) is 0 Å². The predicted molar refractivity (Wildman–Crippen MR) is 116 cm³/mol. The summed E-state index contributed by atoms with van der Waals surface area (Å²) in [6.45, 7) is 0.0971. The number of benzene rings is 2. The number of sulfone groups is 1. The molecule has 160 valence electrons. The SMILES string of the molecule is COc1ccc(NC(=O)c2ccc(NC(=O)CN(C)C3CCS(=O)(=O)C3)cc2)cc1. The Bertz CT molecular complexity index is 1000. The van der Waals surface area contributed by atoms with Gasteiger partial charge in [0.2, 0.25) is 5.91 Å². The Hall–Kier alpha value is -2.91. The number of nitrogens with zero attached hydrogens (tertiary/aromatic N) is 1. The molecule has 1 unspecified atom stereocenters. The smallest absolute Gasteiger partial charge is 0.255 e. The number of hydrogen-bond donors (Lipinski definition) is 2. The molecular formula is C21H25N3O5S. The molecule has 30 heavy (non-hydrogen) atoms. The van der Waals surface area contributed by atoms with Crippen LogP contribution in [0, 0.1) is 0 Å². The molecule has 1 fully saturated rings. The average Bonchev–Trinajstić information content (AvgIpc) is 3.09. The summed E-state index contributed by atoms with van der Waals surface area (Å²) >= 11 is 0. The third-order valence-electron chi connectivity index (χ3n) is 5.00. The number of rotatable bonds is 7. The fourth-order valence-corrected chi connectivity index (χ4v) is 5.07. The Kier molecular flexibility index (Phi) is 6.73. The number of amides is 2. The topological polar surface area (TPSA) is 105 Å². The van der Waals surface area contributed by atoms with E-state index in [2.05, 4.69) is 10.6 Å². The Morgan fingerprint density at radius 3 is 2.20 bits per heavy atom. The van der Waals surface area contributed by atoms with Crippen LogP contribution >= 0.6 is 0 Å². The van der Waals surface area contributed by atoms with Crippen LogP contribution in [0.3, 0.4) is 0 Å². The Morgan fingerprint density at radius 1 is 1.03 bits per heavy atom. The highest BCUT2D eigenvalue weighted by Gasteiger charge is 2.31. The highest BCUT2D eigenvalue weighted by Crippen LogP contribution is 2.18. The maximum Gasteiger partial charge on any atom is 0.255 e. The van der Waals surface area contributed by atoms with Gasteiger partial charge >= 0.3 is 0 Å². The second-order valence-electron chi connectivity index (χ2n) is 7.28. The summed E-state index contributed by atoms with van der Waals surface area (Å²) in [4.78, 5) is 26.4. The summed E-state index contributed by atoms with van der Waals surface area (Å²) in [5.41, 5.74) is 1.67. The summed E-state index contributed by atoms with van der Waals surface area (Å²) in [5, 5.41) is 5.57. The summed E-state index contributed by atoms with van der Waals surface area (Å²) in [6.07, 6.45) is 0.546. The number of carbonyl (C=O) groups is 2. The number of carbonyl (C=O) groups excluding carboxylic acids is 2. The fraction of sp³-hybridized carbons (Fsp3) is 0.333. The first-order chi connectivity index (χ1) is 14.3. The number of likely N-dealkylation sites (N-methyl/N-ethyl adjacent to an activating group) is 1. The van der Waals surface area contributed by atoms with Crippen molar-refractivity contribution in [2.75, 3.05) is 42.8 Å². The van der Waals surface area contributed by atoms with E-state index in [-0.39, 0.29) is 35.9 Å². The summed E-state index contributed by atoms with van der Waals surface area (Å²) < 4.78 is 28.3. The van der Waals surface area contributed by atoms with Gasteiger partial charge in [0.15, 0.2) is 9.84 Å². The van der Waals surface area contributed by atoms with E-state index in [1.54, 1.807) is 67.6 Å². The van der Waals surface area contributed by atoms with Crippen LogP contribution in [0.2, 0.25) is 0 Å². The summed E-state index contributed by atoms with van der Waals surface area (Å²) in [7, 11) is 0.330. The van der Waals surface area contributed by atoms with Crippen LogP contribution in [-0.2, 0) is 14.6 Å². The maximum atomic E-state index is 12.4. The van der Waals surface area contributed by atoms with Crippen molar-refractivity contribution in [1.29, 1.82) is 0 Å². The van der Waals surface area contributed by atoms with E-state index in [4.69, 9.17) is 4.74 Å². The van der Waals surface area contributed by atoms with Gasteiger partial charge in [0.1, 0.15) is 5.75 Å². The second-order valence-corrected chi connectivity index (χ2v) is 9.51. The molecule has 0 aromatic heterocycles. The molecule has 1 saturated heterocycles. The molecule has 0 spiro atoms. The fourth-order valence-electron chi connectivity index (χ4n) is 3.26. The first-order valence-corrected chi connectivity index (χ1v) is 11.3. The lowest BCUT2D eigenvalue weighted by molar-refractivity contribution is -0.117. The Labute approximate surface area is 176 Å². The van der Waals surface area contributed by atoms with Gasteiger partial charge in [-0.1, -0.05) is 0 Å². The van der Waals surface area contributed by atoms with Crippen molar-refractivity contribution >= 4 is 33.0 Å². The van der Waals surface area contributed by atoms with E-state index in [1.165, 1.54) is 0 Å². The van der Waals surface area contributed by atoms with Gasteiger partial charge in [0.25, 0.3) is 5.91 Å². The monoisotopic (exact) mass is 431 g/mol. The van der Waals surface area contributed by atoms with Crippen molar-refractivity contribution in [1.82, 2.24) is 4.90 Å². The molecule has 0 aliphatic carbocycles. The number of hydrogen-bond acceptors (Lipinski definition) is 6. The quantitative estimate of drug-likeness (QED) is 0.695. The number of anilines is 2. The van der Waals surface area contributed by atoms with Gasteiger partial charge in [-0.05, 0) is 62.0 Å². The molecule has 1 aliphatic heterocycles. The molecule has 0 bridgehead atoms. The minimum Gasteiger partial charge on any atom is -0.497 e. The zero-order valence-electron chi connectivity index (χ0n) is 16.9. The Balaban J connectivity index is 1.52. The molecular weight excluding hydrogens is 406 g/mol. The third-order valence-corrected chi connectivity index (χ3v) is 6.75. The molecule has 0 saturated carbocycles. The molecule has 0 radical (unpaired) electrons. The molecule has 1 heterocycles. The lowest BCUT2D eigenvalue weighted by Gasteiger charge is -2.22. The number of methoxy groups -OCH3 is 1. The van der Waals surface area contributed by atoms with Crippen molar-refractivity contribution in [2.45, 2.75) is 12.5 Å². The number of ether oxygens (including phenoxy) is 1. The average molecular weight is 432 g/mol. The van der Waals surface area contributed by atoms with Gasteiger partial charge in [-0.2, -0.15) is 0 Å². The summed E-state index contributed by atoms with van der Waals surface area (Å²) in [6, 6.07) is 13.4. The van der Waals surface area contributed by atoms with Gasteiger partial charge < -0.3 is 15.4 Å². The van der Waals surface area contributed by atoms with Crippen molar-refractivity contribution in [3.05, 3.63) is 54.1 Å². The van der Waals surface area contributed by atoms with Crippen LogP contribution < -0.4 is 15.4 Å². The van der Waals surface area contributed by atoms with Gasteiger partial charge in [-0.15, -0.1) is 0 Å². The van der Waals surface area contributed by atoms with E-state index < -0.39 is 9.84 Å². The zero-order valence-corrected chi connectivity index (χ0v) is 17.7. The van der Waals surface area contributed by atoms with Gasteiger partial charge in [-0.3, -0.25) is 14.5 Å². The van der Waals surface area contributed by atoms with Crippen LogP contribution in [0.15, 0.2) is 48.5 Å². The van der Waals surface area contributed by atoms with Crippen LogP contribution in [0.25, 0.3) is 0 Å². The van der Waals surface area contributed by atoms with E-state index in [9.17, 15) is 18.0 Å². The van der Waals surface area contributed by atoms with Gasteiger partial charge in [0, 0.05) is 23.0 Å². The van der Waals surface area contributed by atoms with E-state index >= 15 is 0 Å². The third kappa shape index (κ3) is 5.80. The van der Waals surface area contributed by atoms with Gasteiger partial charge in [0.05, 0.1) is 25.2 Å². The highest BCUT2D eigenvalue weighted by molar-refractivity contribution is 7.91. The molecule has 8 nitrogen and oxygen atoms in total. The lowest BCUT2D eigenvalue weighted by atomic mass is 10.2. The minimum absolute atomic E-state index is 0.0920. The summed E-state index contributed by atoms with van der Waals surface area (Å²) in [5.74, 6) is 0.462. The highest BCUT2D eigenvalue weighted by atomic mass is 32.2. The number of nitrogens with one attached hydrogen (secondary N) is 2. The normalized spacial score (nSPS) is 17.5. The van der Waals surface area contributed by atoms with Gasteiger partial charge in [-0.25, -0.2) is 8.42 Å². The first kappa shape index (κ1) is 21.8. The van der Waals surface area contributed by atoms with Crippen LogP contribution in [0.1, 0.15) is 16.8 Å². The van der Waals surface area contributed by atoms with Crippen LogP contribution in [0.5, 0.6) is 5.75 Å². The standard InChI is InChI=1S/C21H25N3O5S/c1-24(18-11-12-30(27,28)14-18)13-20(25)22-16-5-3-15(4-6-16)21(26)23-17-7-9-19(29-2)10-8-17/h3-10,18H,11-14H2,1-2H3,(H,22,25)(H,23,26). The second kappa shape index (κ2) is 9.27. The predicted octanol–water partition coefficient (Wildman–Crippen LogP) is 2.00. The molecule has 1 aliphatic rings. The lowest BCUT2D eigenvalue weighted by Crippen LogP contribution is -2.38. The van der Waals surface area contributed by atoms with Crippen molar-refractivity contribution in [3.63, 3.8) is 0 Å². The Morgan fingerprint density at radius 2 is 1.63 bits per heavy atom. The molecule has 2 aromatic rings. The maximum absolute atomic E-state index is 12.4. The van der Waals surface area contributed by atoms with E-state index in [0.29, 0.717) is 29.1 Å². The molecule has 3 rings (SSSR count). The molecule has 1 atom stereocenters. The molecule has 2 N–H and O–H groups in total. The van der Waals surface area contributed by atoms with Crippen molar-refractivity contribution in [2.24, 2.45) is 0 Å². The minimum atomic E-state index is -2.99. The molecule has 2 amide bonds. The van der Waals surface area contributed by atoms with Crippen molar-refractivity contribution in [3.8, 4) is 5.75 Å². The van der Waals surface area contributed by atoms with Crippen LogP contribution in [-0.4, -0.2) is 63.4 Å².